The second kappa shape index (κ2) is 5.88. The maximum absolute atomic E-state index is 10.5. The van der Waals surface area contributed by atoms with Crippen molar-refractivity contribution in [3.05, 3.63) is 33.8 Å². The van der Waals surface area contributed by atoms with Crippen LogP contribution in [0.3, 0.4) is 0 Å². The number of carbonyl (C=O) groups excluding carboxylic acids is 1. The van der Waals surface area contributed by atoms with E-state index in [1.54, 1.807) is 0 Å². The molecule has 82 valence electrons. The zero-order valence-electron chi connectivity index (χ0n) is 8.72. The predicted molar refractivity (Wildman–Crippen MR) is 64.4 cm³/mol. The number of benzene rings is 1. The molecule has 4 heteroatoms. The maximum Gasteiger partial charge on any atom is 0.218 e. The third kappa shape index (κ3) is 4.44. The quantitative estimate of drug-likeness (QED) is 0.801. The summed E-state index contributed by atoms with van der Waals surface area (Å²) < 4.78 is 1.11. The van der Waals surface area contributed by atoms with Crippen LogP contribution in [-0.4, -0.2) is 12.5 Å². The molecule has 1 aromatic carbocycles. The Labute approximate surface area is 98.2 Å². The summed E-state index contributed by atoms with van der Waals surface area (Å²) in [4.78, 5) is 10.5. The van der Waals surface area contributed by atoms with Gasteiger partial charge in [0, 0.05) is 24.0 Å². The SMILES string of the molecule is Cc1cc(CNCCC(N)=O)ccc1Br. The summed E-state index contributed by atoms with van der Waals surface area (Å²) in [6, 6.07) is 6.19. The fourth-order valence-corrected chi connectivity index (χ4v) is 1.51. The average Bonchev–Trinajstić information content (AvgIpc) is 2.18. The van der Waals surface area contributed by atoms with Gasteiger partial charge in [-0.2, -0.15) is 0 Å². The van der Waals surface area contributed by atoms with Crippen molar-refractivity contribution in [3.63, 3.8) is 0 Å². The molecular weight excluding hydrogens is 256 g/mol. The molecule has 0 unspecified atom stereocenters. The number of hydrogen-bond donors (Lipinski definition) is 2. The number of carbonyl (C=O) groups is 1. The molecule has 15 heavy (non-hydrogen) atoms. The van der Waals surface area contributed by atoms with Gasteiger partial charge in [-0.3, -0.25) is 4.79 Å². The number of aryl methyl sites for hydroxylation is 1. The van der Waals surface area contributed by atoms with Crippen molar-refractivity contribution in [3.8, 4) is 0 Å². The Hall–Kier alpha value is -0.870. The van der Waals surface area contributed by atoms with E-state index in [1.165, 1.54) is 11.1 Å². The first-order valence-corrected chi connectivity index (χ1v) is 5.63. The van der Waals surface area contributed by atoms with E-state index in [2.05, 4.69) is 34.2 Å². The summed E-state index contributed by atoms with van der Waals surface area (Å²) in [5, 5.41) is 3.16. The topological polar surface area (TPSA) is 55.1 Å². The van der Waals surface area contributed by atoms with Crippen LogP contribution >= 0.6 is 15.9 Å². The third-order valence-corrected chi connectivity index (χ3v) is 2.99. The normalized spacial score (nSPS) is 10.3. The molecule has 3 nitrogen and oxygen atoms in total. The van der Waals surface area contributed by atoms with Gasteiger partial charge in [0.15, 0.2) is 0 Å². The van der Waals surface area contributed by atoms with Gasteiger partial charge >= 0.3 is 0 Å². The van der Waals surface area contributed by atoms with E-state index in [4.69, 9.17) is 5.73 Å². The van der Waals surface area contributed by atoms with Gasteiger partial charge in [0.05, 0.1) is 0 Å². The molecule has 0 saturated heterocycles. The highest BCUT2D eigenvalue weighted by molar-refractivity contribution is 9.10. The molecule has 0 fully saturated rings. The predicted octanol–water partition coefficient (Wildman–Crippen LogP) is 1.72. The molecule has 0 aliphatic rings. The number of nitrogens with one attached hydrogen (secondary N) is 1. The fraction of sp³-hybridized carbons (Fsp3) is 0.364. The molecule has 0 aliphatic carbocycles. The smallest absolute Gasteiger partial charge is 0.218 e. The van der Waals surface area contributed by atoms with Crippen LogP contribution in [0.1, 0.15) is 17.5 Å². The van der Waals surface area contributed by atoms with Gasteiger partial charge in [-0.1, -0.05) is 28.1 Å². The third-order valence-electron chi connectivity index (χ3n) is 2.10. The molecule has 0 aromatic heterocycles. The van der Waals surface area contributed by atoms with Crippen LogP contribution in [0.2, 0.25) is 0 Å². The fourth-order valence-electron chi connectivity index (χ4n) is 1.26. The number of primary amides is 1. The summed E-state index contributed by atoms with van der Waals surface area (Å²) in [7, 11) is 0. The van der Waals surface area contributed by atoms with Crippen molar-refractivity contribution >= 4 is 21.8 Å². The van der Waals surface area contributed by atoms with Gasteiger partial charge in [0.2, 0.25) is 5.91 Å². The van der Waals surface area contributed by atoms with Crippen molar-refractivity contribution in [1.82, 2.24) is 5.32 Å². The first-order valence-electron chi connectivity index (χ1n) is 4.83. The van der Waals surface area contributed by atoms with E-state index in [0.29, 0.717) is 13.0 Å². The van der Waals surface area contributed by atoms with Gasteiger partial charge in [-0.15, -0.1) is 0 Å². The number of rotatable bonds is 5. The molecule has 0 aliphatic heterocycles. The summed E-state index contributed by atoms with van der Waals surface area (Å²) in [5.74, 6) is -0.269. The lowest BCUT2D eigenvalue weighted by molar-refractivity contribution is -0.117. The molecule has 0 bridgehead atoms. The van der Waals surface area contributed by atoms with Gasteiger partial charge in [0.1, 0.15) is 0 Å². The Kier molecular flexibility index (Phi) is 4.78. The Morgan fingerprint density at radius 3 is 2.87 bits per heavy atom. The molecule has 3 N–H and O–H groups in total. The van der Waals surface area contributed by atoms with E-state index >= 15 is 0 Å². The molecule has 1 amide bonds. The van der Waals surface area contributed by atoms with E-state index in [-0.39, 0.29) is 5.91 Å². The van der Waals surface area contributed by atoms with Crippen LogP contribution in [0, 0.1) is 6.92 Å². The van der Waals surface area contributed by atoms with Gasteiger partial charge in [-0.05, 0) is 24.1 Å². The number of nitrogens with two attached hydrogens (primary N) is 1. The van der Waals surface area contributed by atoms with Crippen LogP contribution in [0.5, 0.6) is 0 Å². The van der Waals surface area contributed by atoms with Crippen molar-refractivity contribution in [2.24, 2.45) is 5.73 Å². The number of halogens is 1. The number of hydrogen-bond acceptors (Lipinski definition) is 2. The lowest BCUT2D eigenvalue weighted by Crippen LogP contribution is -2.21. The molecule has 1 rings (SSSR count). The highest BCUT2D eigenvalue weighted by atomic mass is 79.9. The monoisotopic (exact) mass is 270 g/mol. The summed E-state index contributed by atoms with van der Waals surface area (Å²) >= 11 is 3.45. The Morgan fingerprint density at radius 2 is 2.27 bits per heavy atom. The van der Waals surface area contributed by atoms with Gasteiger partial charge in [0.25, 0.3) is 0 Å². The highest BCUT2D eigenvalue weighted by Gasteiger charge is 1.98. The molecule has 0 saturated carbocycles. The van der Waals surface area contributed by atoms with Crippen molar-refractivity contribution in [2.45, 2.75) is 19.9 Å². The second-order valence-corrected chi connectivity index (χ2v) is 4.33. The molecule has 0 radical (unpaired) electrons. The number of amides is 1. The molecule has 1 aromatic rings. The zero-order valence-corrected chi connectivity index (χ0v) is 10.3. The molecule has 0 atom stereocenters. The largest absolute Gasteiger partial charge is 0.370 e. The summed E-state index contributed by atoms with van der Waals surface area (Å²) in [5.41, 5.74) is 7.45. The van der Waals surface area contributed by atoms with Gasteiger partial charge in [-0.25, -0.2) is 0 Å². The van der Waals surface area contributed by atoms with Crippen LogP contribution in [0.15, 0.2) is 22.7 Å². The van der Waals surface area contributed by atoms with E-state index in [9.17, 15) is 4.79 Å². The second-order valence-electron chi connectivity index (χ2n) is 3.48. The lowest BCUT2D eigenvalue weighted by atomic mass is 10.1. The molecule has 0 heterocycles. The van der Waals surface area contributed by atoms with Crippen LogP contribution in [-0.2, 0) is 11.3 Å². The first-order chi connectivity index (χ1) is 7.09. The minimum absolute atomic E-state index is 0.269. The van der Waals surface area contributed by atoms with E-state index < -0.39 is 0 Å². The van der Waals surface area contributed by atoms with Crippen molar-refractivity contribution < 1.29 is 4.79 Å². The van der Waals surface area contributed by atoms with Crippen LogP contribution < -0.4 is 11.1 Å². The molecule has 0 spiro atoms. The van der Waals surface area contributed by atoms with Crippen molar-refractivity contribution in [1.29, 1.82) is 0 Å². The minimum atomic E-state index is -0.269. The standard InChI is InChI=1S/C11H15BrN2O/c1-8-6-9(2-3-10(8)12)7-14-5-4-11(13)15/h2-3,6,14H,4-5,7H2,1H3,(H2,13,15). The van der Waals surface area contributed by atoms with E-state index in [0.717, 1.165) is 11.0 Å². The molecular formula is C11H15BrN2O. The Bertz CT molecular complexity index is 352. The van der Waals surface area contributed by atoms with Crippen LogP contribution in [0.25, 0.3) is 0 Å². The highest BCUT2D eigenvalue weighted by Crippen LogP contribution is 2.16. The maximum atomic E-state index is 10.5. The average molecular weight is 271 g/mol. The summed E-state index contributed by atoms with van der Waals surface area (Å²) in [6.07, 6.45) is 0.384. The van der Waals surface area contributed by atoms with Crippen molar-refractivity contribution in [2.75, 3.05) is 6.54 Å². The van der Waals surface area contributed by atoms with Crippen LogP contribution in [0.4, 0.5) is 0 Å². The Balaban J connectivity index is 2.38. The van der Waals surface area contributed by atoms with Gasteiger partial charge < -0.3 is 11.1 Å². The lowest BCUT2D eigenvalue weighted by Gasteiger charge is -2.05. The van der Waals surface area contributed by atoms with E-state index in [1.807, 2.05) is 12.1 Å². The Morgan fingerprint density at radius 1 is 1.53 bits per heavy atom. The zero-order chi connectivity index (χ0) is 11.3. The summed E-state index contributed by atoms with van der Waals surface area (Å²) in [6.45, 7) is 3.45. The minimum Gasteiger partial charge on any atom is -0.370 e. The first kappa shape index (κ1) is 12.2.